The summed E-state index contributed by atoms with van der Waals surface area (Å²) in [6.07, 6.45) is 1.86. The van der Waals surface area contributed by atoms with Crippen LogP contribution in [0.4, 0.5) is 4.39 Å². The van der Waals surface area contributed by atoms with Gasteiger partial charge in [0.1, 0.15) is 5.82 Å². The number of nitrogens with zero attached hydrogens (tertiary/aromatic N) is 1. The second-order valence-corrected chi connectivity index (χ2v) is 5.60. The van der Waals surface area contributed by atoms with Gasteiger partial charge in [0.05, 0.1) is 12.2 Å². The van der Waals surface area contributed by atoms with Gasteiger partial charge in [-0.05, 0) is 44.0 Å². The normalized spacial score (nSPS) is 23.1. The van der Waals surface area contributed by atoms with Gasteiger partial charge in [-0.1, -0.05) is 12.1 Å². The molecule has 116 valence electrons. The highest BCUT2D eigenvalue weighted by Crippen LogP contribution is 2.25. The highest BCUT2D eigenvalue weighted by molar-refractivity contribution is 5.66. The molecule has 1 saturated heterocycles. The molecule has 1 aliphatic heterocycles. The number of carbonyl (C=O) groups is 1. The van der Waals surface area contributed by atoms with Gasteiger partial charge in [0.15, 0.2) is 0 Å². The average Bonchev–Trinajstić information content (AvgIpc) is 2.43. The van der Waals surface area contributed by atoms with Gasteiger partial charge < -0.3 is 9.84 Å². The second-order valence-electron chi connectivity index (χ2n) is 5.60. The third kappa shape index (κ3) is 5.10. The topological polar surface area (TPSA) is 49.8 Å². The predicted octanol–water partition coefficient (Wildman–Crippen LogP) is 2.84. The van der Waals surface area contributed by atoms with Gasteiger partial charge in [0, 0.05) is 19.5 Å². The van der Waals surface area contributed by atoms with Crippen molar-refractivity contribution in [3.63, 3.8) is 0 Å². The molecule has 0 aliphatic carbocycles. The zero-order valence-corrected chi connectivity index (χ0v) is 12.3. The Morgan fingerprint density at radius 1 is 1.33 bits per heavy atom. The first-order chi connectivity index (χ1) is 10.0. The second kappa shape index (κ2) is 7.52. The monoisotopic (exact) mass is 295 g/mol. The van der Waals surface area contributed by atoms with Gasteiger partial charge in [0.2, 0.25) is 0 Å². The quantitative estimate of drug-likeness (QED) is 0.820. The van der Waals surface area contributed by atoms with E-state index in [2.05, 4.69) is 4.90 Å². The number of carboxylic acids is 1. The summed E-state index contributed by atoms with van der Waals surface area (Å²) in [4.78, 5) is 12.8. The molecule has 2 atom stereocenters. The molecular weight excluding hydrogens is 273 g/mol. The van der Waals surface area contributed by atoms with Crippen LogP contribution in [0.25, 0.3) is 0 Å². The minimum Gasteiger partial charge on any atom is -0.481 e. The lowest BCUT2D eigenvalue weighted by Gasteiger charge is -2.37. The summed E-state index contributed by atoms with van der Waals surface area (Å²) in [6, 6.07) is 6.44. The van der Waals surface area contributed by atoms with E-state index in [-0.39, 0.29) is 24.4 Å². The number of ether oxygens (including phenoxy) is 1. The first-order valence-corrected chi connectivity index (χ1v) is 7.39. The number of aliphatic carboxylic acids is 1. The van der Waals surface area contributed by atoms with Crippen molar-refractivity contribution in [2.45, 2.75) is 38.4 Å². The van der Waals surface area contributed by atoms with Gasteiger partial charge in [-0.25, -0.2) is 4.39 Å². The maximum absolute atomic E-state index is 13.0. The molecule has 0 bridgehead atoms. The molecule has 0 aromatic heterocycles. The van der Waals surface area contributed by atoms with Gasteiger partial charge in [-0.3, -0.25) is 9.69 Å². The fourth-order valence-electron chi connectivity index (χ4n) is 2.69. The molecule has 1 fully saturated rings. The van der Waals surface area contributed by atoms with Crippen LogP contribution < -0.4 is 0 Å². The number of unbranched alkanes of at least 4 members (excludes halogenated alkanes) is 1. The smallest absolute Gasteiger partial charge is 0.303 e. The molecule has 1 aromatic carbocycles. The van der Waals surface area contributed by atoms with Crippen molar-refractivity contribution in [1.82, 2.24) is 4.90 Å². The van der Waals surface area contributed by atoms with Crippen LogP contribution in [-0.2, 0) is 9.53 Å². The predicted molar refractivity (Wildman–Crippen MR) is 77.6 cm³/mol. The summed E-state index contributed by atoms with van der Waals surface area (Å²) in [5, 5.41) is 8.64. The van der Waals surface area contributed by atoms with Crippen LogP contribution in [0.3, 0.4) is 0 Å². The lowest BCUT2D eigenvalue weighted by atomic mass is 10.1. The Bertz CT molecular complexity index is 463. The first-order valence-electron chi connectivity index (χ1n) is 7.39. The number of hydrogen-bond acceptors (Lipinski definition) is 3. The van der Waals surface area contributed by atoms with Crippen molar-refractivity contribution < 1.29 is 19.0 Å². The van der Waals surface area contributed by atoms with Crippen molar-refractivity contribution in [3.05, 3.63) is 35.6 Å². The van der Waals surface area contributed by atoms with Crippen LogP contribution >= 0.6 is 0 Å². The van der Waals surface area contributed by atoms with Crippen molar-refractivity contribution >= 4 is 5.97 Å². The Balaban J connectivity index is 1.86. The maximum Gasteiger partial charge on any atom is 0.303 e. The summed E-state index contributed by atoms with van der Waals surface area (Å²) in [6.45, 7) is 4.52. The molecule has 1 aliphatic rings. The average molecular weight is 295 g/mol. The van der Waals surface area contributed by atoms with Gasteiger partial charge in [-0.15, -0.1) is 0 Å². The molecule has 1 aromatic rings. The minimum atomic E-state index is -0.741. The molecular formula is C16H22FNO3. The molecule has 5 heteroatoms. The van der Waals surface area contributed by atoms with Crippen molar-refractivity contribution in [3.8, 4) is 0 Å². The molecule has 21 heavy (non-hydrogen) atoms. The SMILES string of the molecule is C[C@@H]1CN(CCCCC(=O)O)C[C@H](c2ccc(F)cc2)O1. The Labute approximate surface area is 124 Å². The number of halogens is 1. The number of hydrogen-bond donors (Lipinski definition) is 1. The summed E-state index contributed by atoms with van der Waals surface area (Å²) >= 11 is 0. The van der Waals surface area contributed by atoms with E-state index in [4.69, 9.17) is 9.84 Å². The number of morpholine rings is 1. The molecule has 2 rings (SSSR count). The Morgan fingerprint density at radius 2 is 2.05 bits per heavy atom. The molecule has 0 amide bonds. The fraction of sp³-hybridized carbons (Fsp3) is 0.562. The Hall–Kier alpha value is -1.46. The van der Waals surface area contributed by atoms with Crippen molar-refractivity contribution in [2.75, 3.05) is 19.6 Å². The van der Waals surface area contributed by atoms with Gasteiger partial charge in [0.25, 0.3) is 0 Å². The minimum absolute atomic E-state index is 0.0474. The molecule has 4 nitrogen and oxygen atoms in total. The van der Waals surface area contributed by atoms with Crippen LogP contribution in [0, 0.1) is 5.82 Å². The Kier molecular flexibility index (Phi) is 5.70. The summed E-state index contributed by atoms with van der Waals surface area (Å²) in [5.41, 5.74) is 0.985. The molecule has 1 heterocycles. The van der Waals surface area contributed by atoms with Crippen LogP contribution in [0.1, 0.15) is 37.9 Å². The summed E-state index contributed by atoms with van der Waals surface area (Å²) < 4.78 is 18.9. The van der Waals surface area contributed by atoms with E-state index in [0.29, 0.717) is 6.42 Å². The van der Waals surface area contributed by atoms with E-state index in [0.717, 1.165) is 31.6 Å². The largest absolute Gasteiger partial charge is 0.481 e. The third-order valence-electron chi connectivity index (χ3n) is 3.69. The number of carboxylic acid groups (broad SMARTS) is 1. The van der Waals surface area contributed by atoms with E-state index in [9.17, 15) is 9.18 Å². The highest BCUT2D eigenvalue weighted by Gasteiger charge is 2.26. The molecule has 1 N–H and O–H groups in total. The fourth-order valence-corrected chi connectivity index (χ4v) is 2.69. The zero-order chi connectivity index (χ0) is 15.2. The lowest BCUT2D eigenvalue weighted by Crippen LogP contribution is -2.43. The third-order valence-corrected chi connectivity index (χ3v) is 3.69. The van der Waals surface area contributed by atoms with Crippen molar-refractivity contribution in [2.24, 2.45) is 0 Å². The Morgan fingerprint density at radius 3 is 2.71 bits per heavy atom. The van der Waals surface area contributed by atoms with E-state index >= 15 is 0 Å². The zero-order valence-electron chi connectivity index (χ0n) is 12.3. The lowest BCUT2D eigenvalue weighted by molar-refractivity contribution is -0.137. The van der Waals surface area contributed by atoms with Gasteiger partial charge in [-0.2, -0.15) is 0 Å². The van der Waals surface area contributed by atoms with E-state index < -0.39 is 5.97 Å². The maximum atomic E-state index is 13.0. The van der Waals surface area contributed by atoms with E-state index in [1.54, 1.807) is 12.1 Å². The highest BCUT2D eigenvalue weighted by atomic mass is 19.1. The molecule has 0 radical (unpaired) electrons. The number of rotatable bonds is 6. The molecule has 0 saturated carbocycles. The van der Waals surface area contributed by atoms with Crippen molar-refractivity contribution in [1.29, 1.82) is 0 Å². The van der Waals surface area contributed by atoms with E-state index in [1.807, 2.05) is 6.92 Å². The van der Waals surface area contributed by atoms with Crippen LogP contribution in [0.5, 0.6) is 0 Å². The number of benzene rings is 1. The molecule has 0 unspecified atom stereocenters. The van der Waals surface area contributed by atoms with Crippen LogP contribution in [0.2, 0.25) is 0 Å². The van der Waals surface area contributed by atoms with Crippen LogP contribution in [-0.4, -0.2) is 41.7 Å². The standard InChI is InChI=1S/C16H22FNO3/c1-12-10-18(9-3-2-4-16(19)20)11-15(21-12)13-5-7-14(17)8-6-13/h5-8,12,15H,2-4,9-11H2,1H3,(H,19,20)/t12-,15-/m1/s1. The van der Waals surface area contributed by atoms with E-state index in [1.165, 1.54) is 12.1 Å². The van der Waals surface area contributed by atoms with Gasteiger partial charge >= 0.3 is 5.97 Å². The molecule has 0 spiro atoms. The summed E-state index contributed by atoms with van der Waals surface area (Å²) in [5.74, 6) is -0.984. The van der Waals surface area contributed by atoms with Crippen LogP contribution in [0.15, 0.2) is 24.3 Å². The first kappa shape index (κ1) is 15.9. The summed E-state index contributed by atoms with van der Waals surface area (Å²) in [7, 11) is 0.